The van der Waals surface area contributed by atoms with Gasteiger partial charge in [0.15, 0.2) is 17.3 Å². The molecule has 0 aliphatic heterocycles. The van der Waals surface area contributed by atoms with Crippen molar-refractivity contribution < 1.29 is 0 Å². The highest BCUT2D eigenvalue weighted by Gasteiger charge is 2.09. The first-order valence-electron chi connectivity index (χ1n) is 7.73. The number of hydrazone groups is 1. The monoisotopic (exact) mass is 316 g/mol. The first kappa shape index (κ1) is 14.3. The van der Waals surface area contributed by atoms with Gasteiger partial charge in [-0.15, -0.1) is 15.3 Å². The second-order valence-electron chi connectivity index (χ2n) is 5.62. The number of hydrogen-bond acceptors (Lipinski definition) is 5. The van der Waals surface area contributed by atoms with E-state index in [0.29, 0.717) is 17.3 Å². The minimum absolute atomic E-state index is 0.235. The number of nitrogens with zero attached hydrogens (tertiary/aromatic N) is 5. The Morgan fingerprint density at radius 2 is 1.83 bits per heavy atom. The fraction of sp³-hybridized carbons (Fsp3) is 0.111. The molecule has 0 unspecified atom stereocenters. The molecule has 0 fully saturated rings. The Hall–Kier alpha value is -3.28. The molecule has 1 N–H and O–H groups in total. The maximum absolute atomic E-state index is 4.53. The van der Waals surface area contributed by atoms with Crippen LogP contribution in [0.1, 0.15) is 5.56 Å². The highest BCUT2D eigenvalue weighted by atomic mass is 15.4. The van der Waals surface area contributed by atoms with Crippen molar-refractivity contribution in [3.63, 3.8) is 0 Å². The van der Waals surface area contributed by atoms with Crippen LogP contribution in [0, 0.1) is 12.8 Å². The molecule has 1 aliphatic carbocycles. The molecule has 2 heterocycles. The smallest absolute Gasteiger partial charge is 0.185 e. The van der Waals surface area contributed by atoms with Gasteiger partial charge in [0, 0.05) is 17.7 Å². The van der Waals surface area contributed by atoms with Gasteiger partial charge in [-0.05, 0) is 19.1 Å². The lowest BCUT2D eigenvalue weighted by molar-refractivity contribution is 0.933. The Balaban J connectivity index is 1.62. The van der Waals surface area contributed by atoms with E-state index in [1.54, 1.807) is 4.52 Å². The number of anilines is 1. The van der Waals surface area contributed by atoms with Gasteiger partial charge in [-0.3, -0.25) is 5.43 Å². The van der Waals surface area contributed by atoms with Crippen LogP contribution in [0.25, 0.3) is 17.0 Å². The van der Waals surface area contributed by atoms with E-state index in [4.69, 9.17) is 0 Å². The summed E-state index contributed by atoms with van der Waals surface area (Å²) in [5.41, 5.74) is 5.83. The van der Waals surface area contributed by atoms with Crippen LogP contribution in [-0.2, 0) is 0 Å². The number of nitrogens with one attached hydrogen (secondary N) is 1. The summed E-state index contributed by atoms with van der Waals surface area (Å²) >= 11 is 0. The Kier molecular flexibility index (Phi) is 3.63. The van der Waals surface area contributed by atoms with Crippen LogP contribution in [0.5, 0.6) is 0 Å². The van der Waals surface area contributed by atoms with Crippen LogP contribution in [-0.4, -0.2) is 26.0 Å². The van der Waals surface area contributed by atoms with Crippen molar-refractivity contribution in [1.29, 1.82) is 0 Å². The van der Waals surface area contributed by atoms with E-state index in [1.807, 2.05) is 54.8 Å². The lowest BCUT2D eigenvalue weighted by atomic mass is 10.1. The van der Waals surface area contributed by atoms with Gasteiger partial charge in [0.05, 0.1) is 0 Å². The molecule has 0 bridgehead atoms. The molecule has 3 aromatic rings. The van der Waals surface area contributed by atoms with Crippen molar-refractivity contribution in [3.8, 4) is 11.4 Å². The van der Waals surface area contributed by atoms with E-state index in [2.05, 4.69) is 44.9 Å². The molecule has 4 rings (SSSR count). The summed E-state index contributed by atoms with van der Waals surface area (Å²) in [6, 6.07) is 11.8. The van der Waals surface area contributed by atoms with Crippen LogP contribution in [0.4, 0.5) is 5.82 Å². The number of fused-ring (bicyclic) bond motifs is 1. The Morgan fingerprint density at radius 1 is 1.04 bits per heavy atom. The molecular formula is C18H16N6. The quantitative estimate of drug-likeness (QED) is 0.593. The van der Waals surface area contributed by atoms with Crippen LogP contribution >= 0.6 is 0 Å². The van der Waals surface area contributed by atoms with E-state index >= 15 is 0 Å². The van der Waals surface area contributed by atoms with E-state index in [1.165, 1.54) is 5.56 Å². The third-order valence-electron chi connectivity index (χ3n) is 3.78. The minimum Gasteiger partial charge on any atom is -0.260 e. The van der Waals surface area contributed by atoms with Gasteiger partial charge < -0.3 is 0 Å². The topological polar surface area (TPSA) is 67.5 Å². The standard InChI is InChI=1S/C18H16N6/c1-13-6-8-15(9-7-13)18-22-21-17-11-10-16(23-24(17)18)20-19-12-14-4-2-3-5-14/h2-12,14H,1H3,(H,20,23)/b19-12+. The first-order valence-corrected chi connectivity index (χ1v) is 7.73. The van der Waals surface area contributed by atoms with Crippen LogP contribution in [0.15, 0.2) is 65.8 Å². The largest absolute Gasteiger partial charge is 0.260 e. The van der Waals surface area contributed by atoms with Crippen molar-refractivity contribution in [2.45, 2.75) is 6.92 Å². The summed E-state index contributed by atoms with van der Waals surface area (Å²) < 4.78 is 1.72. The molecule has 6 nitrogen and oxygen atoms in total. The average molecular weight is 316 g/mol. The summed E-state index contributed by atoms with van der Waals surface area (Å²) in [7, 11) is 0. The van der Waals surface area contributed by atoms with Crippen molar-refractivity contribution in [2.75, 3.05) is 5.43 Å². The van der Waals surface area contributed by atoms with Crippen molar-refractivity contribution in [3.05, 3.63) is 66.3 Å². The molecular weight excluding hydrogens is 300 g/mol. The van der Waals surface area contributed by atoms with Gasteiger partial charge in [0.25, 0.3) is 0 Å². The summed E-state index contributed by atoms with van der Waals surface area (Å²) in [6.45, 7) is 2.05. The van der Waals surface area contributed by atoms with E-state index in [-0.39, 0.29) is 5.92 Å². The number of aromatic nitrogens is 4. The van der Waals surface area contributed by atoms with E-state index in [9.17, 15) is 0 Å². The zero-order chi connectivity index (χ0) is 16.4. The maximum Gasteiger partial charge on any atom is 0.185 e. The SMILES string of the molecule is Cc1ccc(-c2nnc3ccc(N/N=C/C4C=CC=C4)nn23)cc1. The Morgan fingerprint density at radius 3 is 2.62 bits per heavy atom. The molecule has 6 heteroatoms. The first-order chi connectivity index (χ1) is 11.8. The van der Waals surface area contributed by atoms with Crippen molar-refractivity contribution in [2.24, 2.45) is 11.0 Å². The molecule has 1 aliphatic rings. The van der Waals surface area contributed by atoms with Crippen molar-refractivity contribution >= 4 is 17.7 Å². The minimum atomic E-state index is 0.235. The summed E-state index contributed by atoms with van der Waals surface area (Å²) in [5.74, 6) is 1.58. The number of benzene rings is 1. The molecule has 0 radical (unpaired) electrons. The third-order valence-corrected chi connectivity index (χ3v) is 3.78. The highest BCUT2D eigenvalue weighted by Crippen LogP contribution is 2.19. The van der Waals surface area contributed by atoms with Gasteiger partial charge in [-0.25, -0.2) is 0 Å². The summed E-state index contributed by atoms with van der Waals surface area (Å²) in [6.07, 6.45) is 9.98. The summed E-state index contributed by atoms with van der Waals surface area (Å²) in [4.78, 5) is 0. The lowest BCUT2D eigenvalue weighted by Crippen LogP contribution is -2.01. The lowest BCUT2D eigenvalue weighted by Gasteiger charge is -2.03. The van der Waals surface area contributed by atoms with Gasteiger partial charge in [-0.1, -0.05) is 54.1 Å². The van der Waals surface area contributed by atoms with E-state index < -0.39 is 0 Å². The van der Waals surface area contributed by atoms with Gasteiger partial charge >= 0.3 is 0 Å². The number of rotatable bonds is 4. The molecule has 24 heavy (non-hydrogen) atoms. The molecule has 0 atom stereocenters. The Labute approximate surface area is 139 Å². The second-order valence-corrected chi connectivity index (χ2v) is 5.62. The molecule has 1 aromatic carbocycles. The maximum atomic E-state index is 4.53. The predicted octanol–water partition coefficient (Wildman–Crippen LogP) is 3.24. The van der Waals surface area contributed by atoms with Crippen LogP contribution in [0.3, 0.4) is 0 Å². The second kappa shape index (κ2) is 6.08. The molecule has 118 valence electrons. The third kappa shape index (κ3) is 2.81. The van der Waals surface area contributed by atoms with Gasteiger partial charge in [0.2, 0.25) is 0 Å². The fourth-order valence-electron chi connectivity index (χ4n) is 2.47. The zero-order valence-electron chi connectivity index (χ0n) is 13.2. The highest BCUT2D eigenvalue weighted by molar-refractivity contribution is 5.68. The van der Waals surface area contributed by atoms with Crippen LogP contribution in [0.2, 0.25) is 0 Å². The average Bonchev–Trinajstić information content (AvgIpc) is 3.25. The molecule has 2 aromatic heterocycles. The zero-order valence-corrected chi connectivity index (χ0v) is 13.2. The normalized spacial score (nSPS) is 14.2. The van der Waals surface area contributed by atoms with Gasteiger partial charge in [0.1, 0.15) is 0 Å². The number of aryl methyl sites for hydroxylation is 1. The van der Waals surface area contributed by atoms with Gasteiger partial charge in [-0.2, -0.15) is 9.62 Å². The molecule has 0 spiro atoms. The number of hydrogen-bond donors (Lipinski definition) is 1. The molecule has 0 saturated heterocycles. The number of allylic oxidation sites excluding steroid dienone is 4. The Bertz CT molecular complexity index is 937. The van der Waals surface area contributed by atoms with Crippen LogP contribution < -0.4 is 5.43 Å². The van der Waals surface area contributed by atoms with Crippen molar-refractivity contribution in [1.82, 2.24) is 19.8 Å². The molecule has 0 amide bonds. The summed E-state index contributed by atoms with van der Waals surface area (Å²) in [5, 5.41) is 17.2. The van der Waals surface area contributed by atoms with E-state index in [0.717, 1.165) is 5.56 Å². The fourth-order valence-corrected chi connectivity index (χ4v) is 2.47. The predicted molar refractivity (Wildman–Crippen MR) is 94.8 cm³/mol. The molecule has 0 saturated carbocycles.